The van der Waals surface area contributed by atoms with E-state index in [4.69, 9.17) is 5.73 Å². The van der Waals surface area contributed by atoms with E-state index >= 15 is 0 Å². The monoisotopic (exact) mass is 252 g/mol. The Kier molecular flexibility index (Phi) is 4.48. The van der Waals surface area contributed by atoms with Gasteiger partial charge in [0, 0.05) is 19.2 Å². The highest BCUT2D eigenvalue weighted by atomic mass is 32.2. The normalized spacial score (nSPS) is 17.6. The number of aromatic nitrogens is 2. The molecule has 0 saturated carbocycles. The Morgan fingerprint density at radius 1 is 1.12 bits per heavy atom. The summed E-state index contributed by atoms with van der Waals surface area (Å²) in [6.45, 7) is 2.18. The van der Waals surface area contributed by atoms with Crippen LogP contribution in [0.1, 0.15) is 32.1 Å². The molecular weight excluding hydrogens is 232 g/mol. The predicted molar refractivity (Wildman–Crippen MR) is 73.5 cm³/mol. The van der Waals surface area contributed by atoms with Crippen molar-refractivity contribution in [3.8, 4) is 0 Å². The number of hydrogen-bond acceptors (Lipinski definition) is 5. The minimum absolute atomic E-state index is 0.571. The Hall–Kier alpha value is -0.970. The maximum Gasteiger partial charge on any atom is 0.191 e. The number of hydrogen-bond donors (Lipinski definition) is 1. The summed E-state index contributed by atoms with van der Waals surface area (Å²) < 4.78 is 0. The molecule has 1 aliphatic rings. The molecule has 1 aromatic heterocycles. The summed E-state index contributed by atoms with van der Waals surface area (Å²) in [6.07, 6.45) is 8.50. The van der Waals surface area contributed by atoms with E-state index in [1.165, 1.54) is 32.1 Å². The highest BCUT2D eigenvalue weighted by Crippen LogP contribution is 2.21. The molecule has 1 aliphatic heterocycles. The lowest BCUT2D eigenvalue weighted by molar-refractivity contribution is 0.552. The molecule has 0 spiro atoms. The van der Waals surface area contributed by atoms with E-state index in [2.05, 4.69) is 14.9 Å². The van der Waals surface area contributed by atoms with E-state index in [9.17, 15) is 0 Å². The van der Waals surface area contributed by atoms with Crippen LogP contribution < -0.4 is 10.6 Å². The van der Waals surface area contributed by atoms with Crippen LogP contribution in [0.15, 0.2) is 11.2 Å². The van der Waals surface area contributed by atoms with Crippen LogP contribution in [0.25, 0.3) is 0 Å². The first-order valence-corrected chi connectivity index (χ1v) is 7.45. The molecule has 2 heterocycles. The predicted octanol–water partition coefficient (Wildman–Crippen LogP) is 2.55. The molecule has 0 radical (unpaired) electrons. The molecule has 0 amide bonds. The Labute approximate surface area is 107 Å². The number of nitrogens with two attached hydrogens (primary N) is 1. The molecular formula is C12H20N4S. The van der Waals surface area contributed by atoms with E-state index < -0.39 is 0 Å². The number of thioether (sulfide) groups is 1. The van der Waals surface area contributed by atoms with Crippen molar-refractivity contribution < 1.29 is 0 Å². The van der Waals surface area contributed by atoms with Gasteiger partial charge in [0.05, 0.1) is 0 Å². The second kappa shape index (κ2) is 6.10. The largest absolute Gasteiger partial charge is 0.383 e. The van der Waals surface area contributed by atoms with Crippen molar-refractivity contribution in [2.24, 2.45) is 0 Å². The van der Waals surface area contributed by atoms with Crippen molar-refractivity contribution in [3.63, 3.8) is 0 Å². The topological polar surface area (TPSA) is 55.0 Å². The third-order valence-corrected chi connectivity index (χ3v) is 3.62. The van der Waals surface area contributed by atoms with Crippen molar-refractivity contribution in [1.29, 1.82) is 0 Å². The lowest BCUT2D eigenvalue weighted by Crippen LogP contribution is -2.28. The summed E-state index contributed by atoms with van der Waals surface area (Å²) in [5.41, 5.74) is 5.82. The quantitative estimate of drug-likeness (QED) is 0.647. The molecule has 0 unspecified atom stereocenters. The zero-order valence-corrected chi connectivity index (χ0v) is 11.2. The minimum Gasteiger partial charge on any atom is -0.383 e. The lowest BCUT2D eigenvalue weighted by atomic mass is 10.1. The van der Waals surface area contributed by atoms with Crippen molar-refractivity contribution in [2.45, 2.75) is 37.3 Å². The Morgan fingerprint density at radius 3 is 2.41 bits per heavy atom. The van der Waals surface area contributed by atoms with Crippen LogP contribution in [0.4, 0.5) is 11.6 Å². The minimum atomic E-state index is 0.571. The SMILES string of the molecule is CSc1nc(N)cc(N2CCCCCCC2)n1. The lowest BCUT2D eigenvalue weighted by Gasteiger charge is -2.26. The highest BCUT2D eigenvalue weighted by Gasteiger charge is 2.12. The van der Waals surface area contributed by atoms with Gasteiger partial charge in [-0.3, -0.25) is 0 Å². The third kappa shape index (κ3) is 3.49. The van der Waals surface area contributed by atoms with Gasteiger partial charge >= 0.3 is 0 Å². The first kappa shape index (κ1) is 12.5. The van der Waals surface area contributed by atoms with Gasteiger partial charge in [0.1, 0.15) is 11.6 Å². The van der Waals surface area contributed by atoms with Crippen LogP contribution in [-0.4, -0.2) is 29.3 Å². The fourth-order valence-corrected chi connectivity index (χ4v) is 2.54. The summed E-state index contributed by atoms with van der Waals surface area (Å²) in [6, 6.07) is 1.89. The van der Waals surface area contributed by atoms with Crippen LogP contribution >= 0.6 is 11.8 Å². The van der Waals surface area contributed by atoms with Gasteiger partial charge in [-0.2, -0.15) is 0 Å². The number of rotatable bonds is 2. The Bertz CT molecular complexity index is 362. The smallest absolute Gasteiger partial charge is 0.191 e. The van der Waals surface area contributed by atoms with E-state index in [0.29, 0.717) is 5.82 Å². The first-order chi connectivity index (χ1) is 8.29. The maximum absolute atomic E-state index is 5.82. The second-order valence-electron chi connectivity index (χ2n) is 4.39. The molecule has 1 aromatic rings. The van der Waals surface area contributed by atoms with Crippen molar-refractivity contribution >= 4 is 23.4 Å². The van der Waals surface area contributed by atoms with Gasteiger partial charge in [-0.1, -0.05) is 31.0 Å². The molecule has 0 aliphatic carbocycles. The molecule has 0 atom stereocenters. The van der Waals surface area contributed by atoms with Crippen molar-refractivity contribution in [1.82, 2.24) is 9.97 Å². The Morgan fingerprint density at radius 2 is 1.76 bits per heavy atom. The molecule has 2 N–H and O–H groups in total. The fraction of sp³-hybridized carbons (Fsp3) is 0.667. The van der Waals surface area contributed by atoms with Crippen molar-refractivity contribution in [2.75, 3.05) is 30.0 Å². The second-order valence-corrected chi connectivity index (χ2v) is 5.17. The zero-order valence-electron chi connectivity index (χ0n) is 10.4. The van der Waals surface area contributed by atoms with Gasteiger partial charge in [-0.25, -0.2) is 9.97 Å². The number of anilines is 2. The Balaban J connectivity index is 2.15. The summed E-state index contributed by atoms with van der Waals surface area (Å²) in [7, 11) is 0. The molecule has 17 heavy (non-hydrogen) atoms. The van der Waals surface area contributed by atoms with E-state index in [1.54, 1.807) is 11.8 Å². The van der Waals surface area contributed by atoms with Gasteiger partial charge in [-0.05, 0) is 19.1 Å². The number of nitrogens with zero attached hydrogens (tertiary/aromatic N) is 3. The van der Waals surface area contributed by atoms with Crippen LogP contribution in [0.2, 0.25) is 0 Å². The number of nitrogen functional groups attached to an aromatic ring is 1. The van der Waals surface area contributed by atoms with Crippen LogP contribution in [-0.2, 0) is 0 Å². The van der Waals surface area contributed by atoms with Crippen LogP contribution in [0.5, 0.6) is 0 Å². The highest BCUT2D eigenvalue weighted by molar-refractivity contribution is 7.98. The van der Waals surface area contributed by atoms with Gasteiger partial charge < -0.3 is 10.6 Å². The van der Waals surface area contributed by atoms with Crippen LogP contribution in [0.3, 0.4) is 0 Å². The molecule has 0 bridgehead atoms. The van der Waals surface area contributed by atoms with Gasteiger partial charge in [0.2, 0.25) is 0 Å². The van der Waals surface area contributed by atoms with Crippen molar-refractivity contribution in [3.05, 3.63) is 6.07 Å². The van der Waals surface area contributed by atoms with E-state index in [1.807, 2.05) is 12.3 Å². The molecule has 2 rings (SSSR count). The summed E-state index contributed by atoms with van der Waals surface area (Å²) in [4.78, 5) is 11.1. The third-order valence-electron chi connectivity index (χ3n) is 3.07. The first-order valence-electron chi connectivity index (χ1n) is 6.23. The molecule has 94 valence electrons. The van der Waals surface area contributed by atoms with Gasteiger partial charge in [-0.15, -0.1) is 0 Å². The van der Waals surface area contributed by atoms with Crippen LogP contribution in [0, 0.1) is 0 Å². The van der Waals surface area contributed by atoms with E-state index in [0.717, 1.165) is 24.1 Å². The van der Waals surface area contributed by atoms with E-state index in [-0.39, 0.29) is 0 Å². The molecule has 4 nitrogen and oxygen atoms in total. The maximum atomic E-state index is 5.82. The molecule has 0 aromatic carbocycles. The average Bonchev–Trinajstić information content (AvgIpc) is 2.27. The average molecular weight is 252 g/mol. The summed E-state index contributed by atoms with van der Waals surface area (Å²) in [5, 5.41) is 0.766. The zero-order chi connectivity index (χ0) is 12.1. The summed E-state index contributed by atoms with van der Waals surface area (Å²) in [5.74, 6) is 1.56. The molecule has 1 fully saturated rings. The fourth-order valence-electron chi connectivity index (χ4n) is 2.16. The molecule has 1 saturated heterocycles. The standard InChI is InChI=1S/C12H20N4S/c1-17-12-14-10(13)9-11(15-12)16-7-5-3-2-4-6-8-16/h9H,2-8H2,1H3,(H2,13,14,15). The van der Waals surface area contributed by atoms with Gasteiger partial charge in [0.25, 0.3) is 0 Å². The summed E-state index contributed by atoms with van der Waals surface area (Å²) >= 11 is 1.54. The molecule has 5 heteroatoms. The van der Waals surface area contributed by atoms with Gasteiger partial charge in [0.15, 0.2) is 5.16 Å².